The normalized spacial score (nSPS) is 31.3. The fourth-order valence-corrected chi connectivity index (χ4v) is 3.15. The summed E-state index contributed by atoms with van der Waals surface area (Å²) in [4.78, 5) is 12.2. The van der Waals surface area contributed by atoms with Gasteiger partial charge in [-0.3, -0.25) is 4.79 Å². The molecule has 0 aromatic carbocycles. The lowest BCUT2D eigenvalue weighted by molar-refractivity contribution is -0.123. The summed E-state index contributed by atoms with van der Waals surface area (Å²) in [7, 11) is 1.67. The first kappa shape index (κ1) is 10.6. The number of carbonyl (C=O) groups is 1. The van der Waals surface area contributed by atoms with Crippen molar-refractivity contribution < 1.29 is 9.53 Å². The maximum absolute atomic E-state index is 12.2. The quantitative estimate of drug-likeness (QED) is 0.749. The van der Waals surface area contributed by atoms with Crippen molar-refractivity contribution in [3.05, 3.63) is 34.8 Å². The topological polar surface area (TPSA) is 38.3 Å². The van der Waals surface area contributed by atoms with Crippen molar-refractivity contribution in [2.45, 2.75) is 19.8 Å². The number of carbonyl (C=O) groups excluding carboxylic acids is 1. The van der Waals surface area contributed by atoms with Crippen LogP contribution < -0.4 is 5.32 Å². The molecule has 1 heterocycles. The summed E-state index contributed by atoms with van der Waals surface area (Å²) in [6, 6.07) is 0. The van der Waals surface area contributed by atoms with Gasteiger partial charge in [-0.15, -0.1) is 0 Å². The van der Waals surface area contributed by atoms with Crippen LogP contribution in [0.4, 0.5) is 0 Å². The Morgan fingerprint density at radius 1 is 1.47 bits per heavy atom. The number of ether oxygens (including phenoxy) is 1. The van der Waals surface area contributed by atoms with Gasteiger partial charge >= 0.3 is 0 Å². The summed E-state index contributed by atoms with van der Waals surface area (Å²) in [6.07, 6.45) is 6.22. The zero-order valence-corrected chi connectivity index (χ0v) is 10.2. The molecule has 3 rings (SSSR count). The molecule has 17 heavy (non-hydrogen) atoms. The molecule has 2 unspecified atom stereocenters. The molecule has 1 aliphatic heterocycles. The summed E-state index contributed by atoms with van der Waals surface area (Å²) in [5.41, 5.74) is 3.72. The Bertz CT molecular complexity index is 471. The third kappa shape index (κ3) is 1.45. The molecule has 0 amide bonds. The van der Waals surface area contributed by atoms with Crippen LogP contribution in [0.5, 0.6) is 0 Å². The van der Waals surface area contributed by atoms with Crippen LogP contribution in [0.25, 0.3) is 0 Å². The minimum atomic E-state index is 0.0635. The summed E-state index contributed by atoms with van der Waals surface area (Å²) < 4.78 is 5.29. The Morgan fingerprint density at radius 3 is 3.06 bits per heavy atom. The van der Waals surface area contributed by atoms with Crippen LogP contribution in [0, 0.1) is 11.8 Å². The maximum Gasteiger partial charge on any atom is 0.187 e. The molecule has 0 radical (unpaired) electrons. The molecule has 3 nitrogen and oxygen atoms in total. The van der Waals surface area contributed by atoms with Crippen molar-refractivity contribution in [3.8, 4) is 0 Å². The number of allylic oxidation sites excluding steroid dienone is 4. The van der Waals surface area contributed by atoms with E-state index in [-0.39, 0.29) is 11.8 Å². The Kier molecular flexibility index (Phi) is 2.35. The Balaban J connectivity index is 2.10. The highest BCUT2D eigenvalue weighted by Gasteiger charge is 2.41. The zero-order chi connectivity index (χ0) is 12.0. The van der Waals surface area contributed by atoms with E-state index in [0.29, 0.717) is 5.78 Å². The molecule has 0 aromatic heterocycles. The van der Waals surface area contributed by atoms with Crippen LogP contribution in [-0.4, -0.2) is 19.4 Å². The fourth-order valence-electron chi connectivity index (χ4n) is 3.15. The highest BCUT2D eigenvalue weighted by Crippen LogP contribution is 2.44. The van der Waals surface area contributed by atoms with E-state index in [0.717, 1.165) is 25.3 Å². The number of hydrogen-bond acceptors (Lipinski definition) is 3. The van der Waals surface area contributed by atoms with E-state index < -0.39 is 0 Å². The van der Waals surface area contributed by atoms with Crippen molar-refractivity contribution in [2.75, 3.05) is 13.7 Å². The molecular weight excluding hydrogens is 214 g/mol. The minimum Gasteiger partial charge on any atom is -0.482 e. The molecule has 3 heteroatoms. The second kappa shape index (κ2) is 3.76. The molecule has 0 saturated carbocycles. The summed E-state index contributed by atoms with van der Waals surface area (Å²) in [5, 5.41) is 3.25. The number of methoxy groups -OCH3 is 1. The lowest BCUT2D eigenvalue weighted by Crippen LogP contribution is -2.22. The zero-order valence-electron chi connectivity index (χ0n) is 10.2. The lowest BCUT2D eigenvalue weighted by atomic mass is 9.84. The molecule has 0 bridgehead atoms. The average Bonchev–Trinajstić information content (AvgIpc) is 2.54. The first-order valence-electron chi connectivity index (χ1n) is 6.19. The smallest absolute Gasteiger partial charge is 0.187 e. The molecular formula is C14H17NO2. The van der Waals surface area contributed by atoms with Gasteiger partial charge in [-0.1, -0.05) is 13.0 Å². The molecule has 2 aliphatic carbocycles. The lowest BCUT2D eigenvalue weighted by Gasteiger charge is -2.19. The van der Waals surface area contributed by atoms with Gasteiger partial charge in [0.25, 0.3) is 0 Å². The molecule has 0 fully saturated rings. The Labute approximate surface area is 101 Å². The summed E-state index contributed by atoms with van der Waals surface area (Å²) >= 11 is 0. The molecule has 0 aromatic rings. The van der Waals surface area contributed by atoms with Crippen LogP contribution >= 0.6 is 0 Å². The van der Waals surface area contributed by atoms with Crippen LogP contribution in [-0.2, 0) is 9.53 Å². The van der Waals surface area contributed by atoms with Crippen molar-refractivity contribution >= 4 is 5.78 Å². The van der Waals surface area contributed by atoms with E-state index in [1.165, 1.54) is 16.7 Å². The van der Waals surface area contributed by atoms with Gasteiger partial charge in [0, 0.05) is 24.5 Å². The van der Waals surface area contributed by atoms with Gasteiger partial charge in [0.2, 0.25) is 0 Å². The number of nitrogens with one attached hydrogen (secondary N) is 1. The van der Waals surface area contributed by atoms with Crippen LogP contribution in [0.3, 0.4) is 0 Å². The largest absolute Gasteiger partial charge is 0.482 e. The van der Waals surface area contributed by atoms with Crippen LogP contribution in [0.1, 0.15) is 19.8 Å². The second-order valence-corrected chi connectivity index (χ2v) is 4.92. The van der Waals surface area contributed by atoms with E-state index in [1.807, 2.05) is 13.0 Å². The van der Waals surface area contributed by atoms with Crippen LogP contribution in [0.2, 0.25) is 0 Å². The average molecular weight is 231 g/mol. The molecule has 3 aliphatic rings. The standard InChI is InChI=1S/C14H17NO2/c1-8-11-7-15-12(17-2)6-9-4-3-5-10(13(9)11)14(8)16/h4,6,8,10,15H,3,5,7H2,1-2H3. The van der Waals surface area contributed by atoms with Gasteiger partial charge in [0.05, 0.1) is 7.11 Å². The van der Waals surface area contributed by atoms with Gasteiger partial charge in [-0.25, -0.2) is 0 Å². The minimum absolute atomic E-state index is 0.0635. The predicted octanol–water partition coefficient (Wildman–Crippen LogP) is 1.93. The number of rotatable bonds is 1. The van der Waals surface area contributed by atoms with Crippen molar-refractivity contribution in [1.29, 1.82) is 0 Å². The number of hydrogen-bond donors (Lipinski definition) is 1. The van der Waals surface area contributed by atoms with Gasteiger partial charge in [-0.2, -0.15) is 0 Å². The molecule has 90 valence electrons. The summed E-state index contributed by atoms with van der Waals surface area (Å²) in [6.45, 7) is 2.76. The maximum atomic E-state index is 12.2. The Hall–Kier alpha value is -1.51. The van der Waals surface area contributed by atoms with Gasteiger partial charge in [-0.05, 0) is 29.6 Å². The van der Waals surface area contributed by atoms with E-state index in [1.54, 1.807) is 7.11 Å². The third-order valence-electron chi connectivity index (χ3n) is 4.08. The third-order valence-corrected chi connectivity index (χ3v) is 4.08. The van der Waals surface area contributed by atoms with Gasteiger partial charge in [0.1, 0.15) is 5.78 Å². The predicted molar refractivity (Wildman–Crippen MR) is 65.1 cm³/mol. The molecule has 0 saturated heterocycles. The van der Waals surface area contributed by atoms with Crippen molar-refractivity contribution in [1.82, 2.24) is 5.32 Å². The van der Waals surface area contributed by atoms with Gasteiger partial charge < -0.3 is 10.1 Å². The highest BCUT2D eigenvalue weighted by molar-refractivity contribution is 5.94. The van der Waals surface area contributed by atoms with E-state index in [9.17, 15) is 4.79 Å². The second-order valence-electron chi connectivity index (χ2n) is 4.92. The van der Waals surface area contributed by atoms with E-state index in [2.05, 4.69) is 11.4 Å². The number of ketones is 1. The molecule has 1 N–H and O–H groups in total. The molecule has 2 atom stereocenters. The SMILES string of the molecule is COC1=CC2=CCCC3C(=O)C(C)C(=C23)CN1. The Morgan fingerprint density at radius 2 is 2.29 bits per heavy atom. The van der Waals surface area contributed by atoms with E-state index >= 15 is 0 Å². The van der Waals surface area contributed by atoms with E-state index in [4.69, 9.17) is 4.74 Å². The monoisotopic (exact) mass is 231 g/mol. The fraction of sp³-hybridized carbons (Fsp3) is 0.500. The van der Waals surface area contributed by atoms with Crippen LogP contribution in [0.15, 0.2) is 34.8 Å². The molecule has 0 spiro atoms. The first-order valence-corrected chi connectivity index (χ1v) is 6.19. The van der Waals surface area contributed by atoms with Crippen molar-refractivity contribution in [2.24, 2.45) is 11.8 Å². The summed E-state index contributed by atoms with van der Waals surface area (Å²) in [5.74, 6) is 1.39. The van der Waals surface area contributed by atoms with Gasteiger partial charge in [0.15, 0.2) is 5.88 Å². The van der Waals surface area contributed by atoms with Crippen molar-refractivity contribution in [3.63, 3.8) is 0 Å². The highest BCUT2D eigenvalue weighted by atomic mass is 16.5. The number of Topliss-reactive ketones (excluding diaryl/α,β-unsaturated/α-hetero) is 1. The first-order chi connectivity index (χ1) is 8.22.